The van der Waals surface area contributed by atoms with E-state index >= 15 is 0 Å². The predicted octanol–water partition coefficient (Wildman–Crippen LogP) is 3.52. The lowest BCUT2D eigenvalue weighted by Crippen LogP contribution is -2.33. The van der Waals surface area contributed by atoms with E-state index in [2.05, 4.69) is 22.2 Å². The monoisotopic (exact) mass is 387 g/mol. The highest BCUT2D eigenvalue weighted by atomic mass is 35.5. The molecule has 1 N–H and O–H groups in total. The lowest BCUT2D eigenvalue weighted by Gasteiger charge is -2.27. The first kappa shape index (κ1) is 19.3. The first-order chi connectivity index (χ1) is 13.0. The highest BCUT2D eigenvalue weighted by molar-refractivity contribution is 6.31. The zero-order valence-electron chi connectivity index (χ0n) is 15.4. The lowest BCUT2D eigenvalue weighted by molar-refractivity contribution is 0.0851. The van der Waals surface area contributed by atoms with Crippen LogP contribution in [-0.4, -0.2) is 48.8 Å². The van der Waals surface area contributed by atoms with Crippen molar-refractivity contribution in [2.24, 2.45) is 5.92 Å². The number of hydrogen-bond acceptors (Lipinski definition) is 5. The van der Waals surface area contributed by atoms with Crippen molar-refractivity contribution in [3.05, 3.63) is 52.7 Å². The van der Waals surface area contributed by atoms with Crippen LogP contribution < -0.4 is 10.1 Å². The normalized spacial score (nSPS) is 15.4. The molecule has 0 spiro atoms. The molecule has 0 radical (unpaired) electrons. The van der Waals surface area contributed by atoms with Gasteiger partial charge in [0.1, 0.15) is 17.3 Å². The van der Waals surface area contributed by atoms with Gasteiger partial charge in [0.05, 0.1) is 12.7 Å². The van der Waals surface area contributed by atoms with Gasteiger partial charge in [0, 0.05) is 10.9 Å². The van der Waals surface area contributed by atoms with E-state index in [1.807, 2.05) is 0 Å². The van der Waals surface area contributed by atoms with Crippen molar-refractivity contribution >= 4 is 29.1 Å². The zero-order chi connectivity index (χ0) is 19.4. The summed E-state index contributed by atoms with van der Waals surface area (Å²) in [7, 11) is 3.54. The van der Waals surface area contributed by atoms with Crippen molar-refractivity contribution in [1.29, 1.82) is 0 Å². The van der Waals surface area contributed by atoms with E-state index in [1.54, 1.807) is 30.3 Å². The molecule has 27 heavy (non-hydrogen) atoms. The topological polar surface area (TPSA) is 71.5 Å². The quantitative estimate of drug-likeness (QED) is 0.795. The number of hydrogen-bond donors (Lipinski definition) is 1. The van der Waals surface area contributed by atoms with Gasteiger partial charge in [0.15, 0.2) is 5.78 Å². The molecule has 6 nitrogen and oxygen atoms in total. The van der Waals surface area contributed by atoms with Gasteiger partial charge in [0.25, 0.3) is 5.91 Å². The number of ketones is 1. The van der Waals surface area contributed by atoms with Crippen LogP contribution in [0.5, 0.6) is 5.75 Å². The van der Waals surface area contributed by atoms with Gasteiger partial charge in [-0.1, -0.05) is 17.7 Å². The van der Waals surface area contributed by atoms with E-state index in [1.165, 1.54) is 13.2 Å². The first-order valence-corrected chi connectivity index (χ1v) is 9.20. The van der Waals surface area contributed by atoms with Gasteiger partial charge >= 0.3 is 0 Å². The van der Waals surface area contributed by atoms with Gasteiger partial charge in [-0.15, -0.1) is 0 Å². The molecule has 1 aliphatic heterocycles. The molecule has 2 aromatic rings. The van der Waals surface area contributed by atoms with E-state index in [9.17, 15) is 9.59 Å². The Morgan fingerprint density at radius 1 is 1.22 bits per heavy atom. The summed E-state index contributed by atoms with van der Waals surface area (Å²) in [6.07, 6.45) is 1.65. The number of amides is 1. The Balaban J connectivity index is 1.75. The van der Waals surface area contributed by atoms with Gasteiger partial charge in [-0.3, -0.25) is 9.59 Å². The molecule has 0 aliphatic carbocycles. The number of anilines is 1. The SMILES string of the molecule is COc1ccc(Cl)cc1C(=O)Nc1cccc(C(=O)C2CCN(C)CC2)n1. The van der Waals surface area contributed by atoms with Crippen LogP contribution in [0.3, 0.4) is 0 Å². The van der Waals surface area contributed by atoms with Crippen LogP contribution in [0.1, 0.15) is 33.7 Å². The zero-order valence-corrected chi connectivity index (χ0v) is 16.1. The van der Waals surface area contributed by atoms with Crippen molar-refractivity contribution in [2.75, 3.05) is 32.6 Å². The Morgan fingerprint density at radius 2 is 1.96 bits per heavy atom. The van der Waals surface area contributed by atoms with Crippen molar-refractivity contribution in [3.8, 4) is 5.75 Å². The van der Waals surface area contributed by atoms with Crippen LogP contribution in [0.2, 0.25) is 5.02 Å². The number of pyridine rings is 1. The average molecular weight is 388 g/mol. The average Bonchev–Trinajstić information content (AvgIpc) is 2.68. The van der Waals surface area contributed by atoms with E-state index < -0.39 is 5.91 Å². The van der Waals surface area contributed by atoms with Crippen molar-refractivity contribution in [3.63, 3.8) is 0 Å². The molecule has 3 rings (SSSR count). The number of aromatic nitrogens is 1. The first-order valence-electron chi connectivity index (χ1n) is 8.82. The number of nitrogens with one attached hydrogen (secondary N) is 1. The van der Waals surface area contributed by atoms with Crippen LogP contribution in [0.4, 0.5) is 5.82 Å². The Kier molecular flexibility index (Phi) is 6.08. The Morgan fingerprint density at radius 3 is 2.67 bits per heavy atom. The second kappa shape index (κ2) is 8.50. The number of Topliss-reactive ketones (excluding diaryl/α,β-unsaturated/α-hetero) is 1. The minimum absolute atomic E-state index is 0.0207. The molecule has 0 unspecified atom stereocenters. The number of likely N-dealkylation sites (tertiary alicyclic amines) is 1. The molecule has 142 valence electrons. The number of ether oxygens (including phenoxy) is 1. The van der Waals surface area contributed by atoms with Gasteiger partial charge in [0.2, 0.25) is 0 Å². The molecule has 1 fully saturated rings. The van der Waals surface area contributed by atoms with Crippen molar-refractivity contribution in [1.82, 2.24) is 9.88 Å². The Hall–Kier alpha value is -2.44. The summed E-state index contributed by atoms with van der Waals surface area (Å²) in [6.45, 7) is 1.81. The molecule has 0 atom stereocenters. The molecule has 0 bridgehead atoms. The molecule has 7 heteroatoms. The summed E-state index contributed by atoms with van der Waals surface area (Å²) in [6, 6.07) is 9.88. The van der Waals surface area contributed by atoms with Crippen LogP contribution >= 0.6 is 11.6 Å². The third-order valence-corrected chi connectivity index (χ3v) is 4.97. The Bertz CT molecular complexity index is 848. The summed E-state index contributed by atoms with van der Waals surface area (Å²) in [5.74, 6) is 0.342. The van der Waals surface area contributed by atoms with E-state index in [4.69, 9.17) is 16.3 Å². The number of benzene rings is 1. The smallest absolute Gasteiger partial charge is 0.260 e. The van der Waals surface area contributed by atoms with E-state index in [-0.39, 0.29) is 11.7 Å². The lowest BCUT2D eigenvalue weighted by atomic mass is 9.91. The summed E-state index contributed by atoms with van der Waals surface area (Å²) in [5.41, 5.74) is 0.680. The molecule has 1 aliphatic rings. The Labute approximate surface area is 163 Å². The fourth-order valence-electron chi connectivity index (χ4n) is 3.16. The van der Waals surface area contributed by atoms with Gasteiger partial charge in [-0.2, -0.15) is 0 Å². The van der Waals surface area contributed by atoms with Crippen LogP contribution in [0.25, 0.3) is 0 Å². The fraction of sp³-hybridized carbons (Fsp3) is 0.350. The summed E-state index contributed by atoms with van der Waals surface area (Å²) in [4.78, 5) is 31.9. The van der Waals surface area contributed by atoms with Crippen molar-refractivity contribution in [2.45, 2.75) is 12.8 Å². The number of piperidine rings is 1. The summed E-state index contributed by atoms with van der Waals surface area (Å²) >= 11 is 5.98. The molecule has 1 aromatic carbocycles. The third-order valence-electron chi connectivity index (χ3n) is 4.74. The minimum Gasteiger partial charge on any atom is -0.496 e. The molecule has 1 saturated heterocycles. The predicted molar refractivity (Wildman–Crippen MR) is 105 cm³/mol. The van der Waals surface area contributed by atoms with Crippen molar-refractivity contribution < 1.29 is 14.3 Å². The minimum atomic E-state index is -0.397. The highest BCUT2D eigenvalue weighted by Crippen LogP contribution is 2.24. The number of nitrogens with zero attached hydrogens (tertiary/aromatic N) is 2. The number of carbonyl (C=O) groups excluding carboxylic acids is 2. The second-order valence-electron chi connectivity index (χ2n) is 6.65. The van der Waals surface area contributed by atoms with Gasteiger partial charge in [-0.05, 0) is 63.3 Å². The third kappa shape index (κ3) is 4.64. The maximum absolute atomic E-state index is 12.7. The standard InChI is InChI=1S/C20H22ClN3O3/c1-24-10-8-13(9-11-24)19(25)16-4-3-5-18(22-16)23-20(26)15-12-14(21)6-7-17(15)27-2/h3-7,12-13H,8-11H2,1-2H3,(H,22,23,26). The number of halogens is 1. The van der Waals surface area contributed by atoms with Crippen LogP contribution in [0.15, 0.2) is 36.4 Å². The largest absolute Gasteiger partial charge is 0.496 e. The summed E-state index contributed by atoms with van der Waals surface area (Å²) in [5, 5.41) is 3.15. The molecule has 2 heterocycles. The molecule has 0 saturated carbocycles. The number of methoxy groups -OCH3 is 1. The summed E-state index contributed by atoms with van der Waals surface area (Å²) < 4.78 is 5.21. The highest BCUT2D eigenvalue weighted by Gasteiger charge is 2.25. The number of carbonyl (C=O) groups is 2. The maximum atomic E-state index is 12.7. The fourth-order valence-corrected chi connectivity index (χ4v) is 3.33. The molecule has 1 aromatic heterocycles. The maximum Gasteiger partial charge on any atom is 0.260 e. The molecular weight excluding hydrogens is 366 g/mol. The van der Waals surface area contributed by atoms with E-state index in [0.29, 0.717) is 27.8 Å². The second-order valence-corrected chi connectivity index (χ2v) is 7.09. The van der Waals surface area contributed by atoms with Gasteiger partial charge < -0.3 is 15.0 Å². The van der Waals surface area contributed by atoms with E-state index in [0.717, 1.165) is 25.9 Å². The molecule has 1 amide bonds. The van der Waals surface area contributed by atoms with Gasteiger partial charge in [-0.25, -0.2) is 4.98 Å². The van der Waals surface area contributed by atoms with Crippen LogP contribution in [0, 0.1) is 5.92 Å². The molecular formula is C20H22ClN3O3. The van der Waals surface area contributed by atoms with Crippen LogP contribution in [-0.2, 0) is 0 Å². The number of rotatable bonds is 5.